The molecular formula is C14H11F2N5O3S. The summed E-state index contributed by atoms with van der Waals surface area (Å²) in [5.74, 6) is -4.54. The minimum atomic E-state index is -1.20. The molecule has 8 nitrogen and oxygen atoms in total. The number of amides is 3. The number of primary amides is 1. The number of hydrazone groups is 1. The molecule has 25 heavy (non-hydrogen) atoms. The molecule has 1 aromatic heterocycles. The lowest BCUT2D eigenvalue weighted by atomic mass is 10.2. The Labute approximate surface area is 144 Å². The maximum atomic E-state index is 13.9. The van der Waals surface area contributed by atoms with Gasteiger partial charge in [0.2, 0.25) is 5.91 Å². The van der Waals surface area contributed by atoms with Gasteiger partial charge >= 0.3 is 11.8 Å². The average Bonchev–Trinajstić information content (AvgIpc) is 2.97. The highest BCUT2D eigenvalue weighted by Gasteiger charge is 2.21. The van der Waals surface area contributed by atoms with Crippen LogP contribution in [0.2, 0.25) is 0 Å². The molecule has 2 rings (SSSR count). The van der Waals surface area contributed by atoms with Crippen LogP contribution in [0.5, 0.6) is 0 Å². The van der Waals surface area contributed by atoms with Crippen molar-refractivity contribution in [2.75, 3.05) is 4.90 Å². The van der Waals surface area contributed by atoms with Gasteiger partial charge in [-0.15, -0.1) is 11.3 Å². The highest BCUT2D eigenvalue weighted by molar-refractivity contribution is 7.14. The topological polar surface area (TPSA) is 118 Å². The predicted molar refractivity (Wildman–Crippen MR) is 86.2 cm³/mol. The van der Waals surface area contributed by atoms with Crippen molar-refractivity contribution in [3.8, 4) is 0 Å². The number of carbonyl (C=O) groups excluding carboxylic acids is 3. The second-order valence-electron chi connectivity index (χ2n) is 4.57. The molecule has 0 fully saturated rings. The van der Waals surface area contributed by atoms with E-state index >= 15 is 0 Å². The van der Waals surface area contributed by atoms with Crippen molar-refractivity contribution in [1.82, 2.24) is 10.4 Å². The van der Waals surface area contributed by atoms with E-state index < -0.39 is 29.4 Å². The highest BCUT2D eigenvalue weighted by Crippen LogP contribution is 2.30. The van der Waals surface area contributed by atoms with Crippen molar-refractivity contribution in [2.45, 2.75) is 6.92 Å². The third-order valence-electron chi connectivity index (χ3n) is 2.75. The second kappa shape index (κ2) is 7.57. The van der Waals surface area contributed by atoms with Gasteiger partial charge in [-0.3, -0.25) is 19.3 Å². The van der Waals surface area contributed by atoms with Crippen LogP contribution in [-0.2, 0) is 14.4 Å². The summed E-state index contributed by atoms with van der Waals surface area (Å²) < 4.78 is 27.0. The van der Waals surface area contributed by atoms with E-state index in [9.17, 15) is 23.2 Å². The van der Waals surface area contributed by atoms with E-state index in [-0.39, 0.29) is 16.5 Å². The molecule has 0 aliphatic heterocycles. The minimum absolute atomic E-state index is 0.112. The number of aromatic nitrogens is 1. The number of thiazole rings is 1. The molecule has 0 saturated carbocycles. The number of nitrogens with two attached hydrogens (primary N) is 1. The van der Waals surface area contributed by atoms with E-state index in [0.717, 1.165) is 34.6 Å². The molecule has 0 aliphatic rings. The van der Waals surface area contributed by atoms with Gasteiger partial charge < -0.3 is 5.73 Å². The van der Waals surface area contributed by atoms with Crippen LogP contribution in [0.4, 0.5) is 19.6 Å². The van der Waals surface area contributed by atoms with Crippen molar-refractivity contribution >= 4 is 46.1 Å². The van der Waals surface area contributed by atoms with Gasteiger partial charge in [-0.05, 0) is 12.1 Å². The first-order chi connectivity index (χ1) is 11.8. The van der Waals surface area contributed by atoms with Gasteiger partial charge in [0.05, 0.1) is 17.6 Å². The Kier molecular flexibility index (Phi) is 5.49. The van der Waals surface area contributed by atoms with E-state index in [1.165, 1.54) is 12.3 Å². The normalized spacial score (nSPS) is 10.7. The Morgan fingerprint density at radius 1 is 1.36 bits per heavy atom. The van der Waals surface area contributed by atoms with Gasteiger partial charge in [0, 0.05) is 18.4 Å². The number of anilines is 2. The van der Waals surface area contributed by atoms with Crippen molar-refractivity contribution in [3.63, 3.8) is 0 Å². The molecule has 0 radical (unpaired) electrons. The molecule has 2 aromatic rings. The number of carbonyl (C=O) groups is 3. The molecular weight excluding hydrogens is 356 g/mol. The van der Waals surface area contributed by atoms with Gasteiger partial charge in [-0.2, -0.15) is 5.10 Å². The molecule has 1 heterocycles. The molecule has 130 valence electrons. The summed E-state index contributed by atoms with van der Waals surface area (Å²) in [5, 5.41) is 5.06. The summed E-state index contributed by atoms with van der Waals surface area (Å²) in [5.41, 5.74) is 6.69. The highest BCUT2D eigenvalue weighted by atomic mass is 32.1. The van der Waals surface area contributed by atoms with Crippen LogP contribution >= 0.6 is 11.3 Å². The van der Waals surface area contributed by atoms with Crippen molar-refractivity contribution in [1.29, 1.82) is 0 Å². The number of nitrogens with one attached hydrogen (secondary N) is 1. The summed E-state index contributed by atoms with van der Waals surface area (Å²) in [7, 11) is 0. The zero-order chi connectivity index (χ0) is 18.6. The lowest BCUT2D eigenvalue weighted by Gasteiger charge is -2.18. The van der Waals surface area contributed by atoms with Crippen LogP contribution < -0.4 is 16.1 Å². The number of hydrogen-bond acceptors (Lipinski definition) is 6. The van der Waals surface area contributed by atoms with Gasteiger partial charge in [0.25, 0.3) is 0 Å². The molecule has 0 spiro atoms. The average molecular weight is 367 g/mol. The van der Waals surface area contributed by atoms with E-state index in [0.29, 0.717) is 6.07 Å². The number of nitrogens with zero attached hydrogens (tertiary/aromatic N) is 3. The fourth-order valence-electron chi connectivity index (χ4n) is 1.72. The first-order valence-corrected chi connectivity index (χ1v) is 7.51. The fraction of sp³-hybridized carbons (Fsp3) is 0.0714. The monoisotopic (exact) mass is 367 g/mol. The first kappa shape index (κ1) is 18.1. The fourth-order valence-corrected chi connectivity index (χ4v) is 2.55. The van der Waals surface area contributed by atoms with Crippen LogP contribution in [0.1, 0.15) is 12.6 Å². The Hall–Kier alpha value is -3.21. The van der Waals surface area contributed by atoms with E-state index in [1.807, 2.05) is 5.43 Å². The summed E-state index contributed by atoms with van der Waals surface area (Å²) in [6.07, 6.45) is 1.11. The van der Waals surface area contributed by atoms with Crippen LogP contribution in [-0.4, -0.2) is 28.9 Å². The molecule has 0 atom stereocenters. The number of rotatable bonds is 4. The van der Waals surface area contributed by atoms with Gasteiger partial charge in [0.1, 0.15) is 11.6 Å². The maximum absolute atomic E-state index is 13.9. The van der Waals surface area contributed by atoms with Gasteiger partial charge in [-0.1, -0.05) is 0 Å². The van der Waals surface area contributed by atoms with Crippen molar-refractivity contribution in [2.24, 2.45) is 10.8 Å². The van der Waals surface area contributed by atoms with E-state index in [4.69, 9.17) is 5.73 Å². The Morgan fingerprint density at radius 2 is 2.08 bits per heavy atom. The summed E-state index contributed by atoms with van der Waals surface area (Å²) in [6, 6.07) is 2.79. The van der Waals surface area contributed by atoms with E-state index in [2.05, 4.69) is 10.1 Å². The Bertz CT molecular complexity index is 868. The first-order valence-electron chi connectivity index (χ1n) is 6.63. The molecule has 0 unspecified atom stereocenters. The predicted octanol–water partition coefficient (Wildman–Crippen LogP) is 1.04. The number of halogens is 2. The van der Waals surface area contributed by atoms with E-state index in [1.54, 1.807) is 0 Å². The molecule has 3 amide bonds. The molecule has 0 aliphatic carbocycles. The molecule has 0 saturated heterocycles. The zero-order valence-electron chi connectivity index (χ0n) is 12.7. The van der Waals surface area contributed by atoms with Crippen LogP contribution in [0.15, 0.2) is 28.7 Å². The molecule has 11 heteroatoms. The minimum Gasteiger partial charge on any atom is -0.361 e. The Morgan fingerprint density at radius 3 is 2.68 bits per heavy atom. The molecule has 3 N–H and O–H groups in total. The summed E-state index contributed by atoms with van der Waals surface area (Å²) in [4.78, 5) is 38.4. The summed E-state index contributed by atoms with van der Waals surface area (Å²) in [6.45, 7) is 1.20. The van der Waals surface area contributed by atoms with Crippen LogP contribution in [0.3, 0.4) is 0 Å². The summed E-state index contributed by atoms with van der Waals surface area (Å²) >= 11 is 0.997. The number of hydrogen-bond donors (Lipinski definition) is 2. The van der Waals surface area contributed by atoms with Crippen LogP contribution in [0.25, 0.3) is 0 Å². The second-order valence-corrected chi connectivity index (χ2v) is 5.41. The zero-order valence-corrected chi connectivity index (χ0v) is 13.5. The standard InChI is InChI=1S/C14H11F2N5O3S/c1-7(22)21(11-3-2-8(15)4-10(11)16)14-19-9(6-25-14)5-18-20-13(24)12(17)23/h2-6H,1H3,(H2,17,23)(H,20,24)/b18-5-. The quantitative estimate of drug-likeness (QED) is 0.477. The third-order valence-corrected chi connectivity index (χ3v) is 3.60. The van der Waals surface area contributed by atoms with Gasteiger partial charge in [-0.25, -0.2) is 19.2 Å². The smallest absolute Gasteiger partial charge is 0.329 e. The molecule has 0 bridgehead atoms. The van der Waals surface area contributed by atoms with Crippen molar-refractivity contribution in [3.05, 3.63) is 40.9 Å². The lowest BCUT2D eigenvalue weighted by Crippen LogP contribution is -2.32. The largest absolute Gasteiger partial charge is 0.361 e. The Balaban J connectivity index is 2.25. The third kappa shape index (κ3) is 4.41. The molecule has 1 aromatic carbocycles. The van der Waals surface area contributed by atoms with Crippen LogP contribution in [0, 0.1) is 11.6 Å². The SMILES string of the molecule is CC(=O)N(c1nc(/C=N\NC(=O)C(N)=O)cs1)c1ccc(F)cc1F. The maximum Gasteiger partial charge on any atom is 0.329 e. The lowest BCUT2D eigenvalue weighted by molar-refractivity contribution is -0.137. The number of benzene rings is 1. The van der Waals surface area contributed by atoms with Gasteiger partial charge in [0.15, 0.2) is 5.13 Å². The van der Waals surface area contributed by atoms with Crippen molar-refractivity contribution < 1.29 is 23.2 Å².